The SMILES string of the molecule is C#CC[C@@H](O)/C=C/C=C/CCCCC(=O)ON. The van der Waals surface area contributed by atoms with Crippen LogP contribution in [0.25, 0.3) is 0 Å². The number of hydrogen-bond donors (Lipinski definition) is 2. The number of carbonyl (C=O) groups is 1. The fraction of sp³-hybridized carbons (Fsp3) is 0.462. The van der Waals surface area contributed by atoms with E-state index in [1.165, 1.54) is 0 Å². The van der Waals surface area contributed by atoms with Gasteiger partial charge in [-0.3, -0.25) is 4.79 Å². The maximum atomic E-state index is 10.7. The highest BCUT2D eigenvalue weighted by atomic mass is 16.7. The molecule has 94 valence electrons. The van der Waals surface area contributed by atoms with E-state index < -0.39 is 6.10 Å². The van der Waals surface area contributed by atoms with Gasteiger partial charge in [0, 0.05) is 12.8 Å². The number of hydrogen-bond acceptors (Lipinski definition) is 4. The fourth-order valence-electron chi connectivity index (χ4n) is 1.15. The zero-order valence-corrected chi connectivity index (χ0v) is 9.84. The number of terminal acetylenes is 1. The van der Waals surface area contributed by atoms with Crippen LogP contribution in [-0.2, 0) is 9.63 Å². The molecule has 0 aromatic carbocycles. The van der Waals surface area contributed by atoms with Crippen LogP contribution in [0.1, 0.15) is 32.1 Å². The summed E-state index contributed by atoms with van der Waals surface area (Å²) in [5.74, 6) is 6.69. The third kappa shape index (κ3) is 10.7. The maximum Gasteiger partial charge on any atom is 0.324 e. The van der Waals surface area contributed by atoms with E-state index >= 15 is 0 Å². The van der Waals surface area contributed by atoms with E-state index in [1.54, 1.807) is 12.2 Å². The second-order valence-electron chi connectivity index (χ2n) is 3.52. The Labute approximate surface area is 102 Å². The van der Waals surface area contributed by atoms with Crippen LogP contribution < -0.4 is 5.90 Å². The third-order valence-corrected chi connectivity index (χ3v) is 2.04. The number of allylic oxidation sites excluding steroid dienone is 3. The van der Waals surface area contributed by atoms with Gasteiger partial charge in [-0.05, 0) is 19.3 Å². The van der Waals surface area contributed by atoms with Crippen molar-refractivity contribution >= 4 is 5.97 Å². The lowest BCUT2D eigenvalue weighted by Crippen LogP contribution is -2.08. The molecule has 4 nitrogen and oxygen atoms in total. The molecule has 3 N–H and O–H groups in total. The van der Waals surface area contributed by atoms with Crippen molar-refractivity contribution in [3.05, 3.63) is 24.3 Å². The standard InChI is InChI=1S/C13H19NO3/c1-2-9-12(15)10-7-5-3-4-6-8-11-13(16)17-14/h1,3,5,7,10,12,15H,4,6,8-9,11,14H2/b5-3+,10-7+/t12-/m1/s1. The van der Waals surface area contributed by atoms with E-state index in [1.807, 2.05) is 12.2 Å². The molecule has 0 bridgehead atoms. The Morgan fingerprint density at radius 2 is 2.24 bits per heavy atom. The molecule has 0 saturated heterocycles. The molecule has 0 aliphatic heterocycles. The minimum absolute atomic E-state index is 0.325. The van der Waals surface area contributed by atoms with Crippen molar-refractivity contribution in [1.82, 2.24) is 0 Å². The van der Waals surface area contributed by atoms with Gasteiger partial charge in [-0.2, -0.15) is 5.90 Å². The van der Waals surface area contributed by atoms with Gasteiger partial charge in [0.15, 0.2) is 0 Å². The molecular formula is C13H19NO3. The molecule has 0 heterocycles. The van der Waals surface area contributed by atoms with Gasteiger partial charge in [-0.15, -0.1) is 12.3 Å². The summed E-state index contributed by atoms with van der Waals surface area (Å²) in [5.41, 5.74) is 0. The van der Waals surface area contributed by atoms with Crippen molar-refractivity contribution in [2.45, 2.75) is 38.2 Å². The molecule has 17 heavy (non-hydrogen) atoms. The summed E-state index contributed by atoms with van der Waals surface area (Å²) in [6.07, 6.45) is 14.9. The molecule has 0 aliphatic rings. The molecule has 0 aromatic heterocycles. The molecule has 0 radical (unpaired) electrons. The summed E-state index contributed by atoms with van der Waals surface area (Å²) < 4.78 is 0. The van der Waals surface area contributed by atoms with Crippen molar-refractivity contribution in [1.29, 1.82) is 0 Å². The first kappa shape index (κ1) is 15.4. The Morgan fingerprint density at radius 1 is 1.47 bits per heavy atom. The molecule has 0 aliphatic carbocycles. The van der Waals surface area contributed by atoms with Gasteiger partial charge in [0.25, 0.3) is 0 Å². The highest BCUT2D eigenvalue weighted by molar-refractivity contribution is 5.68. The predicted molar refractivity (Wildman–Crippen MR) is 66.5 cm³/mol. The van der Waals surface area contributed by atoms with E-state index in [-0.39, 0.29) is 5.97 Å². The van der Waals surface area contributed by atoms with E-state index in [4.69, 9.17) is 12.3 Å². The van der Waals surface area contributed by atoms with E-state index in [2.05, 4.69) is 10.8 Å². The van der Waals surface area contributed by atoms with Crippen LogP contribution in [0.5, 0.6) is 0 Å². The van der Waals surface area contributed by atoms with Crippen LogP contribution in [0.15, 0.2) is 24.3 Å². The van der Waals surface area contributed by atoms with Crippen LogP contribution >= 0.6 is 0 Å². The predicted octanol–water partition coefficient (Wildman–Crippen LogP) is 1.46. The average Bonchev–Trinajstić information content (AvgIpc) is 2.32. The van der Waals surface area contributed by atoms with Crippen LogP contribution in [0.4, 0.5) is 0 Å². The van der Waals surface area contributed by atoms with E-state index in [0.29, 0.717) is 12.8 Å². The Kier molecular flexibility index (Phi) is 9.92. The fourth-order valence-corrected chi connectivity index (χ4v) is 1.15. The summed E-state index contributed by atoms with van der Waals surface area (Å²) in [5, 5.41) is 9.25. The second-order valence-corrected chi connectivity index (χ2v) is 3.52. The van der Waals surface area contributed by atoms with Crippen LogP contribution in [0, 0.1) is 12.3 Å². The van der Waals surface area contributed by atoms with Gasteiger partial charge < -0.3 is 9.94 Å². The van der Waals surface area contributed by atoms with Crippen LogP contribution in [0.2, 0.25) is 0 Å². The Hall–Kier alpha value is -1.57. The van der Waals surface area contributed by atoms with E-state index in [0.717, 1.165) is 19.3 Å². The molecule has 0 aromatic rings. The molecule has 0 fully saturated rings. The summed E-state index contributed by atoms with van der Waals surface area (Å²) in [6.45, 7) is 0. The quantitative estimate of drug-likeness (QED) is 0.290. The molecule has 4 heteroatoms. The van der Waals surface area contributed by atoms with Crippen molar-refractivity contribution < 1.29 is 14.7 Å². The van der Waals surface area contributed by atoms with Crippen LogP contribution in [-0.4, -0.2) is 17.2 Å². The Morgan fingerprint density at radius 3 is 2.88 bits per heavy atom. The minimum Gasteiger partial charge on any atom is -0.388 e. The van der Waals surface area contributed by atoms with Gasteiger partial charge in [0.1, 0.15) is 0 Å². The van der Waals surface area contributed by atoms with E-state index in [9.17, 15) is 9.90 Å². The number of carbonyl (C=O) groups excluding carboxylic acids is 1. The largest absolute Gasteiger partial charge is 0.388 e. The maximum absolute atomic E-state index is 10.7. The van der Waals surface area contributed by atoms with Gasteiger partial charge in [-0.1, -0.05) is 24.3 Å². The molecule has 0 rings (SSSR count). The first-order valence-corrected chi connectivity index (χ1v) is 5.55. The summed E-state index contributed by atoms with van der Waals surface area (Å²) in [4.78, 5) is 14.7. The van der Waals surface area contributed by atoms with Gasteiger partial charge in [-0.25, -0.2) is 0 Å². The first-order valence-electron chi connectivity index (χ1n) is 5.55. The smallest absolute Gasteiger partial charge is 0.324 e. The molecule has 0 amide bonds. The van der Waals surface area contributed by atoms with Crippen molar-refractivity contribution in [3.8, 4) is 12.3 Å². The lowest BCUT2D eigenvalue weighted by atomic mass is 10.2. The zero-order valence-electron chi connectivity index (χ0n) is 9.84. The topological polar surface area (TPSA) is 72.5 Å². The van der Waals surface area contributed by atoms with Crippen molar-refractivity contribution in [2.75, 3.05) is 0 Å². The highest BCUT2D eigenvalue weighted by Gasteiger charge is 1.98. The van der Waals surface area contributed by atoms with Crippen molar-refractivity contribution in [3.63, 3.8) is 0 Å². The Balaban J connectivity index is 3.49. The van der Waals surface area contributed by atoms with Gasteiger partial charge in [0.05, 0.1) is 6.10 Å². The third-order valence-electron chi connectivity index (χ3n) is 2.04. The second kappa shape index (κ2) is 10.9. The zero-order chi connectivity index (χ0) is 12.9. The lowest BCUT2D eigenvalue weighted by Gasteiger charge is -1.97. The monoisotopic (exact) mass is 237 g/mol. The normalized spacial score (nSPS) is 12.8. The Bertz CT molecular complexity index is 302. The summed E-state index contributed by atoms with van der Waals surface area (Å²) in [7, 11) is 0. The molecular weight excluding hydrogens is 218 g/mol. The van der Waals surface area contributed by atoms with Crippen LogP contribution in [0.3, 0.4) is 0 Å². The molecule has 0 unspecified atom stereocenters. The molecule has 0 spiro atoms. The average molecular weight is 237 g/mol. The summed E-state index contributed by atoms with van der Waals surface area (Å²) in [6, 6.07) is 0. The number of unbranched alkanes of at least 4 members (excludes halogenated alkanes) is 2. The molecule has 0 saturated carbocycles. The lowest BCUT2D eigenvalue weighted by molar-refractivity contribution is -0.144. The van der Waals surface area contributed by atoms with Gasteiger partial charge in [0.2, 0.25) is 0 Å². The number of rotatable bonds is 8. The molecule has 1 atom stereocenters. The number of aliphatic hydroxyl groups is 1. The number of nitrogens with two attached hydrogens (primary N) is 1. The summed E-state index contributed by atoms with van der Waals surface area (Å²) >= 11 is 0. The minimum atomic E-state index is -0.580. The highest BCUT2D eigenvalue weighted by Crippen LogP contribution is 2.01. The first-order chi connectivity index (χ1) is 8.20. The van der Waals surface area contributed by atoms with Crippen molar-refractivity contribution in [2.24, 2.45) is 5.90 Å². The number of aliphatic hydroxyl groups excluding tert-OH is 1. The van der Waals surface area contributed by atoms with Gasteiger partial charge >= 0.3 is 5.97 Å².